The number of hydrogen-bond acceptors (Lipinski definition) is 2. The zero-order chi connectivity index (χ0) is 12.8. The summed E-state index contributed by atoms with van der Waals surface area (Å²) in [6, 6.07) is 2.07. The molecule has 0 aliphatic heterocycles. The Bertz CT molecular complexity index is 367. The highest BCUT2D eigenvalue weighted by Gasteiger charge is 2.27. The molecule has 1 aromatic rings. The molecule has 0 aromatic carbocycles. The van der Waals surface area contributed by atoms with Crippen LogP contribution in [-0.4, -0.2) is 18.1 Å². The molecule has 2 atom stereocenters. The van der Waals surface area contributed by atoms with Gasteiger partial charge >= 0.3 is 0 Å². The molecule has 2 nitrogen and oxygen atoms in total. The lowest BCUT2D eigenvalue weighted by Gasteiger charge is -2.20. The Morgan fingerprint density at radius 3 is 3.00 bits per heavy atom. The molecule has 0 spiro atoms. The van der Waals surface area contributed by atoms with Gasteiger partial charge in [-0.05, 0) is 62.2 Å². The van der Waals surface area contributed by atoms with Gasteiger partial charge in [0.15, 0.2) is 0 Å². The molecule has 1 aromatic heterocycles. The first kappa shape index (κ1) is 13.8. The van der Waals surface area contributed by atoms with Gasteiger partial charge in [-0.2, -0.15) is 0 Å². The van der Waals surface area contributed by atoms with Crippen LogP contribution in [0.3, 0.4) is 0 Å². The molecule has 3 heteroatoms. The Labute approximate surface area is 115 Å². The van der Waals surface area contributed by atoms with E-state index in [0.29, 0.717) is 0 Å². The first-order chi connectivity index (χ1) is 8.81. The van der Waals surface area contributed by atoms with Crippen LogP contribution in [0.5, 0.6) is 0 Å². The largest absolute Gasteiger partial charge is 0.316 e. The summed E-state index contributed by atoms with van der Waals surface area (Å²) < 4.78 is 0. The molecule has 0 saturated heterocycles. The predicted octanol–water partition coefficient (Wildman–Crippen LogP) is 3.69. The lowest BCUT2D eigenvalue weighted by molar-refractivity contribution is 0.365. The fourth-order valence-electron chi connectivity index (χ4n) is 2.97. The first-order valence-corrected chi connectivity index (χ1v) is 7.48. The van der Waals surface area contributed by atoms with Gasteiger partial charge in [-0.3, -0.25) is 4.98 Å². The highest BCUT2D eigenvalue weighted by Crippen LogP contribution is 2.34. The fourth-order valence-corrected chi connectivity index (χ4v) is 3.16. The molecule has 1 N–H and O–H groups in total. The maximum Gasteiger partial charge on any atom is 0.0621 e. The Morgan fingerprint density at radius 2 is 2.22 bits per heavy atom. The summed E-state index contributed by atoms with van der Waals surface area (Å²) in [6.07, 6.45) is 10.0. The van der Waals surface area contributed by atoms with Crippen molar-refractivity contribution in [2.45, 2.75) is 39.0 Å². The van der Waals surface area contributed by atoms with Crippen molar-refractivity contribution in [3.63, 3.8) is 0 Å². The number of pyridine rings is 1. The molecule has 18 heavy (non-hydrogen) atoms. The van der Waals surface area contributed by atoms with Crippen molar-refractivity contribution in [2.24, 2.45) is 11.8 Å². The second-order valence-corrected chi connectivity index (χ2v) is 5.73. The van der Waals surface area contributed by atoms with Crippen molar-refractivity contribution < 1.29 is 0 Å². The van der Waals surface area contributed by atoms with Gasteiger partial charge in [0.25, 0.3) is 0 Å². The van der Waals surface area contributed by atoms with E-state index in [1.165, 1.54) is 37.8 Å². The van der Waals surface area contributed by atoms with E-state index in [1.807, 2.05) is 6.20 Å². The number of nitrogens with one attached hydrogen (secondary N) is 1. The van der Waals surface area contributed by atoms with Crippen LogP contribution < -0.4 is 5.32 Å². The monoisotopic (exact) mass is 266 g/mol. The SMILES string of the molecule is CCCNCC1CCCC1Cc1ccncc1Cl. The normalized spacial score (nSPS) is 23.4. The number of rotatable bonds is 6. The maximum atomic E-state index is 6.20. The molecular weight excluding hydrogens is 244 g/mol. The molecule has 1 heterocycles. The van der Waals surface area contributed by atoms with Crippen LogP contribution in [-0.2, 0) is 6.42 Å². The third-order valence-electron chi connectivity index (χ3n) is 3.99. The average Bonchev–Trinajstić information content (AvgIpc) is 2.80. The summed E-state index contributed by atoms with van der Waals surface area (Å²) in [7, 11) is 0. The van der Waals surface area contributed by atoms with Crippen LogP contribution in [0, 0.1) is 11.8 Å². The smallest absolute Gasteiger partial charge is 0.0621 e. The molecule has 0 amide bonds. The third kappa shape index (κ3) is 3.69. The minimum Gasteiger partial charge on any atom is -0.316 e. The number of aromatic nitrogens is 1. The Balaban J connectivity index is 1.89. The molecule has 100 valence electrons. The molecule has 1 fully saturated rings. The number of hydrogen-bond donors (Lipinski definition) is 1. The van der Waals surface area contributed by atoms with Crippen LogP contribution in [0.25, 0.3) is 0 Å². The lowest BCUT2D eigenvalue weighted by Crippen LogP contribution is -2.26. The van der Waals surface area contributed by atoms with Crippen LogP contribution in [0.1, 0.15) is 38.2 Å². The van der Waals surface area contributed by atoms with Gasteiger partial charge in [-0.25, -0.2) is 0 Å². The summed E-state index contributed by atoms with van der Waals surface area (Å²) in [5, 5.41) is 4.39. The predicted molar refractivity (Wildman–Crippen MR) is 76.9 cm³/mol. The van der Waals surface area contributed by atoms with Gasteiger partial charge in [0, 0.05) is 12.4 Å². The summed E-state index contributed by atoms with van der Waals surface area (Å²) in [5.41, 5.74) is 1.26. The summed E-state index contributed by atoms with van der Waals surface area (Å²) >= 11 is 6.20. The zero-order valence-corrected chi connectivity index (χ0v) is 11.9. The van der Waals surface area contributed by atoms with E-state index in [4.69, 9.17) is 11.6 Å². The minimum atomic E-state index is 0.786. The van der Waals surface area contributed by atoms with E-state index in [1.54, 1.807) is 6.20 Å². The number of nitrogens with zero attached hydrogens (tertiary/aromatic N) is 1. The van der Waals surface area contributed by atoms with E-state index in [0.717, 1.165) is 29.8 Å². The zero-order valence-electron chi connectivity index (χ0n) is 11.2. The first-order valence-electron chi connectivity index (χ1n) is 7.10. The van der Waals surface area contributed by atoms with E-state index in [-0.39, 0.29) is 0 Å². The second kappa shape index (κ2) is 7.10. The van der Waals surface area contributed by atoms with Gasteiger partial charge in [0.05, 0.1) is 5.02 Å². The van der Waals surface area contributed by atoms with Crippen LogP contribution >= 0.6 is 11.6 Å². The van der Waals surface area contributed by atoms with Gasteiger partial charge in [0.1, 0.15) is 0 Å². The van der Waals surface area contributed by atoms with Crippen molar-refractivity contribution in [3.05, 3.63) is 29.0 Å². The Morgan fingerprint density at radius 1 is 1.39 bits per heavy atom. The highest BCUT2D eigenvalue weighted by molar-refractivity contribution is 6.31. The van der Waals surface area contributed by atoms with Crippen molar-refractivity contribution in [2.75, 3.05) is 13.1 Å². The van der Waals surface area contributed by atoms with E-state index in [2.05, 4.69) is 23.3 Å². The minimum absolute atomic E-state index is 0.786. The lowest BCUT2D eigenvalue weighted by atomic mass is 9.90. The van der Waals surface area contributed by atoms with Crippen LogP contribution in [0.15, 0.2) is 18.5 Å². The van der Waals surface area contributed by atoms with Gasteiger partial charge in [0.2, 0.25) is 0 Å². The molecule has 1 aliphatic carbocycles. The second-order valence-electron chi connectivity index (χ2n) is 5.33. The van der Waals surface area contributed by atoms with Gasteiger partial charge < -0.3 is 5.32 Å². The van der Waals surface area contributed by atoms with Crippen molar-refractivity contribution in [1.29, 1.82) is 0 Å². The summed E-state index contributed by atoms with van der Waals surface area (Å²) in [5.74, 6) is 1.61. The molecule has 2 rings (SSSR count). The van der Waals surface area contributed by atoms with Crippen LogP contribution in [0.2, 0.25) is 5.02 Å². The Kier molecular flexibility index (Phi) is 5.45. The molecule has 1 saturated carbocycles. The fraction of sp³-hybridized carbons (Fsp3) is 0.667. The molecular formula is C15H23ClN2. The van der Waals surface area contributed by atoms with E-state index in [9.17, 15) is 0 Å². The molecule has 0 radical (unpaired) electrons. The summed E-state index contributed by atoms with van der Waals surface area (Å²) in [6.45, 7) is 4.52. The average molecular weight is 267 g/mol. The highest BCUT2D eigenvalue weighted by atomic mass is 35.5. The number of halogens is 1. The van der Waals surface area contributed by atoms with E-state index >= 15 is 0 Å². The molecule has 1 aliphatic rings. The van der Waals surface area contributed by atoms with Crippen molar-refractivity contribution in [3.8, 4) is 0 Å². The summed E-state index contributed by atoms with van der Waals surface area (Å²) in [4.78, 5) is 4.05. The maximum absolute atomic E-state index is 6.20. The standard InChI is InChI=1S/C15H23ClN2/c1-2-7-17-10-14-5-3-4-12(14)9-13-6-8-18-11-15(13)16/h6,8,11-12,14,17H,2-5,7,9-10H2,1H3. The molecule has 0 bridgehead atoms. The van der Waals surface area contributed by atoms with Crippen LogP contribution in [0.4, 0.5) is 0 Å². The van der Waals surface area contributed by atoms with Gasteiger partial charge in [-0.15, -0.1) is 0 Å². The molecule has 2 unspecified atom stereocenters. The van der Waals surface area contributed by atoms with Crippen molar-refractivity contribution in [1.82, 2.24) is 10.3 Å². The van der Waals surface area contributed by atoms with Crippen molar-refractivity contribution >= 4 is 11.6 Å². The van der Waals surface area contributed by atoms with Gasteiger partial charge in [-0.1, -0.05) is 24.9 Å². The third-order valence-corrected chi connectivity index (χ3v) is 4.33. The topological polar surface area (TPSA) is 24.9 Å². The quantitative estimate of drug-likeness (QED) is 0.795. The van der Waals surface area contributed by atoms with E-state index < -0.39 is 0 Å². The Hall–Kier alpha value is -0.600.